The third kappa shape index (κ3) is 5.67. The van der Waals surface area contributed by atoms with Gasteiger partial charge in [0.05, 0.1) is 10.8 Å². The highest BCUT2D eigenvalue weighted by Gasteiger charge is 2.33. The Balaban J connectivity index is 1.32. The molecule has 0 saturated carbocycles. The van der Waals surface area contributed by atoms with Crippen LogP contribution in [0, 0.1) is 5.92 Å². The number of hydrogen-bond acceptors (Lipinski definition) is 5. The molecule has 1 aliphatic carbocycles. The number of carbonyl (C=O) groups excluding carboxylic acids is 2. The summed E-state index contributed by atoms with van der Waals surface area (Å²) in [7, 11) is -1.91. The molecule has 0 unspecified atom stereocenters. The van der Waals surface area contributed by atoms with Crippen molar-refractivity contribution in [3.05, 3.63) is 53.6 Å². The van der Waals surface area contributed by atoms with Gasteiger partial charge in [0.25, 0.3) is 0 Å². The van der Waals surface area contributed by atoms with Crippen molar-refractivity contribution in [2.45, 2.75) is 56.9 Å². The first kappa shape index (κ1) is 25.2. The molecule has 1 saturated heterocycles. The topological polar surface area (TPSA) is 96.0 Å². The van der Waals surface area contributed by atoms with Crippen LogP contribution < -0.4 is 15.0 Å². The van der Waals surface area contributed by atoms with Crippen LogP contribution in [-0.4, -0.2) is 50.9 Å². The van der Waals surface area contributed by atoms with Crippen LogP contribution in [0.1, 0.15) is 44.2 Å². The van der Waals surface area contributed by atoms with Gasteiger partial charge >= 0.3 is 12.0 Å². The minimum atomic E-state index is -3.58. The molecule has 0 aromatic heterocycles. The predicted octanol–water partition coefficient (Wildman–Crippen LogP) is 3.74. The summed E-state index contributed by atoms with van der Waals surface area (Å²) in [6, 6.07) is 12.0. The lowest BCUT2D eigenvalue weighted by molar-refractivity contribution is -0.140. The molecule has 2 aliphatic rings. The number of fused-ring (bicyclic) bond motifs is 1. The zero-order valence-electron chi connectivity index (χ0n) is 20.5. The number of anilines is 1. The first-order valence-electron chi connectivity index (χ1n) is 12.1. The molecule has 8 nitrogen and oxygen atoms in total. The van der Waals surface area contributed by atoms with Gasteiger partial charge in [0.1, 0.15) is 5.75 Å². The maximum atomic E-state index is 13.1. The molecule has 1 aliphatic heterocycles. The Labute approximate surface area is 207 Å². The third-order valence-corrected chi connectivity index (χ3v) is 8.55. The van der Waals surface area contributed by atoms with Crippen molar-refractivity contribution in [1.29, 1.82) is 0 Å². The van der Waals surface area contributed by atoms with Gasteiger partial charge in [0.2, 0.25) is 10.0 Å². The fraction of sp³-hybridized carbons (Fsp3) is 0.462. The summed E-state index contributed by atoms with van der Waals surface area (Å²) in [6.07, 6.45) is 3.84. The fourth-order valence-corrected chi connectivity index (χ4v) is 6.11. The van der Waals surface area contributed by atoms with E-state index in [4.69, 9.17) is 4.74 Å². The molecule has 0 spiro atoms. The number of amides is 2. The molecule has 2 aromatic carbocycles. The van der Waals surface area contributed by atoms with Gasteiger partial charge in [-0.05, 0) is 93.5 Å². The number of urea groups is 1. The highest BCUT2D eigenvalue weighted by atomic mass is 32.2. The summed E-state index contributed by atoms with van der Waals surface area (Å²) >= 11 is 0. The van der Waals surface area contributed by atoms with Gasteiger partial charge < -0.3 is 10.1 Å². The van der Waals surface area contributed by atoms with E-state index in [2.05, 4.69) is 5.32 Å². The van der Waals surface area contributed by atoms with Crippen molar-refractivity contribution in [1.82, 2.24) is 9.62 Å². The summed E-state index contributed by atoms with van der Waals surface area (Å²) in [5.74, 6) is -0.330. The lowest BCUT2D eigenvalue weighted by Gasteiger charge is -2.30. The Morgan fingerprint density at radius 2 is 1.69 bits per heavy atom. The largest absolute Gasteiger partial charge is 0.426 e. The molecular formula is C26H33N3O5S. The summed E-state index contributed by atoms with van der Waals surface area (Å²) < 4.78 is 33.3. The average Bonchev–Trinajstić information content (AvgIpc) is 3.32. The molecule has 35 heavy (non-hydrogen) atoms. The maximum Gasteiger partial charge on any atom is 0.321 e. The van der Waals surface area contributed by atoms with E-state index in [1.54, 1.807) is 37.4 Å². The lowest BCUT2D eigenvalue weighted by atomic mass is 9.98. The monoisotopic (exact) mass is 499 g/mol. The Morgan fingerprint density at radius 3 is 2.34 bits per heavy atom. The molecule has 0 atom stereocenters. The maximum absolute atomic E-state index is 13.1. The number of nitrogens with one attached hydrogen (secondary N) is 1. The predicted molar refractivity (Wildman–Crippen MR) is 134 cm³/mol. The number of piperidine rings is 1. The molecule has 1 heterocycles. The number of carbonyl (C=O) groups is 2. The van der Waals surface area contributed by atoms with Gasteiger partial charge in [-0.1, -0.05) is 6.07 Å². The second-order valence-corrected chi connectivity index (χ2v) is 11.5. The van der Waals surface area contributed by atoms with Crippen LogP contribution >= 0.6 is 0 Å². The quantitative estimate of drug-likeness (QED) is 0.483. The minimum absolute atomic E-state index is 0.0278. The summed E-state index contributed by atoms with van der Waals surface area (Å²) in [4.78, 5) is 26.7. The Bertz CT molecular complexity index is 1190. The van der Waals surface area contributed by atoms with E-state index >= 15 is 0 Å². The molecule has 4 rings (SSSR count). The van der Waals surface area contributed by atoms with Gasteiger partial charge in [0, 0.05) is 31.9 Å². The Morgan fingerprint density at radius 1 is 1.03 bits per heavy atom. The van der Waals surface area contributed by atoms with E-state index in [0.717, 1.165) is 24.8 Å². The van der Waals surface area contributed by atoms with E-state index in [1.165, 1.54) is 14.8 Å². The number of sulfonamides is 1. The average molecular weight is 500 g/mol. The van der Waals surface area contributed by atoms with Crippen molar-refractivity contribution in [3.63, 3.8) is 0 Å². The van der Waals surface area contributed by atoms with Gasteiger partial charge in [-0.3, -0.25) is 9.69 Å². The van der Waals surface area contributed by atoms with Crippen molar-refractivity contribution in [2.75, 3.05) is 25.0 Å². The second kappa shape index (κ2) is 10.4. The molecule has 188 valence electrons. The number of hydrogen-bond donors (Lipinski definition) is 1. The highest BCUT2D eigenvalue weighted by Crippen LogP contribution is 2.29. The van der Waals surface area contributed by atoms with Gasteiger partial charge in [-0.25, -0.2) is 13.2 Å². The third-order valence-electron chi connectivity index (χ3n) is 6.65. The zero-order chi connectivity index (χ0) is 25.2. The number of ether oxygens (including phenoxy) is 1. The number of benzene rings is 2. The Hall–Kier alpha value is -2.91. The van der Waals surface area contributed by atoms with Gasteiger partial charge in [0.15, 0.2) is 0 Å². The molecule has 0 bridgehead atoms. The molecule has 1 N–H and O–H groups in total. The molecular weight excluding hydrogens is 466 g/mol. The van der Waals surface area contributed by atoms with Crippen LogP contribution in [0.25, 0.3) is 0 Å². The summed E-state index contributed by atoms with van der Waals surface area (Å²) in [5.41, 5.74) is 3.04. The normalized spacial score (nSPS) is 16.7. The van der Waals surface area contributed by atoms with E-state index < -0.39 is 10.0 Å². The van der Waals surface area contributed by atoms with Crippen LogP contribution in [0.3, 0.4) is 0 Å². The van der Waals surface area contributed by atoms with E-state index in [9.17, 15) is 18.0 Å². The van der Waals surface area contributed by atoms with Crippen molar-refractivity contribution in [2.24, 2.45) is 5.92 Å². The van der Waals surface area contributed by atoms with Crippen molar-refractivity contribution < 1.29 is 22.7 Å². The van der Waals surface area contributed by atoms with E-state index in [1.807, 2.05) is 26.0 Å². The molecule has 0 radical (unpaired) electrons. The highest BCUT2D eigenvalue weighted by molar-refractivity contribution is 7.89. The van der Waals surface area contributed by atoms with Gasteiger partial charge in [-0.2, -0.15) is 4.31 Å². The second-order valence-electron chi connectivity index (χ2n) is 9.54. The minimum Gasteiger partial charge on any atom is -0.426 e. The fourth-order valence-electron chi connectivity index (χ4n) is 4.59. The lowest BCUT2D eigenvalue weighted by Crippen LogP contribution is -2.41. The molecule has 2 aromatic rings. The SMILES string of the molecule is CC(C)NC(=O)N(C)c1ccc(OC(=O)C2CCN(S(=O)(=O)c3ccc4c(c3)CCC4)CC2)cc1. The molecule has 1 fully saturated rings. The number of esters is 1. The first-order valence-corrected chi connectivity index (χ1v) is 13.6. The number of aryl methyl sites for hydroxylation is 2. The van der Waals surface area contributed by atoms with E-state index in [0.29, 0.717) is 29.2 Å². The van der Waals surface area contributed by atoms with E-state index in [-0.39, 0.29) is 37.0 Å². The van der Waals surface area contributed by atoms with Crippen LogP contribution in [-0.2, 0) is 27.7 Å². The molecule has 2 amide bonds. The van der Waals surface area contributed by atoms with Gasteiger partial charge in [-0.15, -0.1) is 0 Å². The van der Waals surface area contributed by atoms with Crippen molar-refractivity contribution >= 4 is 27.7 Å². The Kier molecular flexibility index (Phi) is 7.47. The van der Waals surface area contributed by atoms with Crippen LogP contribution in [0.2, 0.25) is 0 Å². The van der Waals surface area contributed by atoms with Crippen LogP contribution in [0.15, 0.2) is 47.4 Å². The summed E-state index contributed by atoms with van der Waals surface area (Å²) in [6.45, 7) is 4.35. The zero-order valence-corrected chi connectivity index (χ0v) is 21.3. The van der Waals surface area contributed by atoms with Crippen LogP contribution in [0.4, 0.5) is 10.5 Å². The molecule has 9 heteroatoms. The first-order chi connectivity index (χ1) is 16.6. The number of nitrogens with zero attached hydrogens (tertiary/aromatic N) is 2. The standard InChI is InChI=1S/C26H33N3O5S/c1-18(2)27-26(31)28(3)22-8-10-23(11-9-22)34-25(30)20-13-15-29(16-14-20)35(32,33)24-12-7-19-5-4-6-21(19)17-24/h7-12,17-18,20H,4-6,13-16H2,1-3H3,(H,27,31). The smallest absolute Gasteiger partial charge is 0.321 e. The number of rotatable bonds is 6. The van der Waals surface area contributed by atoms with Crippen molar-refractivity contribution in [3.8, 4) is 5.75 Å². The summed E-state index contributed by atoms with van der Waals surface area (Å²) in [5, 5.41) is 2.82. The van der Waals surface area contributed by atoms with Crippen LogP contribution in [0.5, 0.6) is 5.75 Å².